The first-order valence-corrected chi connectivity index (χ1v) is 5.90. The van der Waals surface area contributed by atoms with Gasteiger partial charge in [0, 0.05) is 6.54 Å². The van der Waals surface area contributed by atoms with Crippen LogP contribution in [0.4, 0.5) is 5.00 Å². The second-order valence-electron chi connectivity index (χ2n) is 2.99. The number of rotatable bonds is 5. The van der Waals surface area contributed by atoms with Gasteiger partial charge < -0.3 is 10.6 Å². The van der Waals surface area contributed by atoms with Crippen LogP contribution < -0.4 is 10.6 Å². The predicted molar refractivity (Wildman–Crippen MR) is 63.6 cm³/mol. The molecule has 0 bridgehead atoms. The predicted octanol–water partition coefficient (Wildman–Crippen LogP) is 1.61. The highest BCUT2D eigenvalue weighted by Gasteiger charge is 2.12. The van der Waals surface area contributed by atoms with Gasteiger partial charge in [-0.3, -0.25) is 4.79 Å². The molecule has 1 aromatic heterocycles. The normalized spacial score (nSPS) is 9.56. The molecule has 1 heterocycles. The molecule has 0 fully saturated rings. The Bertz CT molecular complexity index is 412. The molecule has 0 unspecified atom stereocenters. The molecule has 0 saturated carbocycles. The molecule has 0 radical (unpaired) electrons. The Hall–Kier alpha value is -1.32. The van der Waals surface area contributed by atoms with Crippen molar-refractivity contribution in [2.45, 2.75) is 13.3 Å². The molecule has 7 heteroatoms. The Morgan fingerprint density at radius 3 is 3.06 bits per heavy atom. The number of carbonyl (C=O) groups is 1. The minimum Gasteiger partial charge on any atom is -0.365 e. The van der Waals surface area contributed by atoms with Crippen molar-refractivity contribution in [2.75, 3.05) is 18.4 Å². The summed E-state index contributed by atoms with van der Waals surface area (Å²) in [6.45, 7) is 2.74. The fraction of sp³-hybridized carbons (Fsp3) is 0.444. The van der Waals surface area contributed by atoms with Crippen molar-refractivity contribution >= 4 is 34.0 Å². The number of nitrogens with one attached hydrogen (secondary N) is 2. The molecular formula is C9H11ClN4OS. The van der Waals surface area contributed by atoms with Crippen LogP contribution in [0.1, 0.15) is 18.9 Å². The number of hydrogen-bond acceptors (Lipinski definition) is 5. The lowest BCUT2D eigenvalue weighted by Crippen LogP contribution is -2.30. The Morgan fingerprint density at radius 1 is 1.69 bits per heavy atom. The molecule has 1 amide bonds. The molecule has 0 aliphatic carbocycles. The van der Waals surface area contributed by atoms with Crippen LogP contribution in [0.15, 0.2) is 0 Å². The zero-order valence-corrected chi connectivity index (χ0v) is 10.3. The minimum absolute atomic E-state index is 0.115. The van der Waals surface area contributed by atoms with Crippen molar-refractivity contribution in [1.29, 1.82) is 5.26 Å². The maximum Gasteiger partial charge on any atom is 0.239 e. The zero-order valence-electron chi connectivity index (χ0n) is 8.71. The average Bonchev–Trinajstić information content (AvgIpc) is 2.64. The lowest BCUT2D eigenvalue weighted by Gasteiger charge is -2.04. The van der Waals surface area contributed by atoms with E-state index in [2.05, 4.69) is 15.0 Å². The third kappa shape index (κ3) is 3.36. The van der Waals surface area contributed by atoms with Gasteiger partial charge in [0.25, 0.3) is 0 Å². The van der Waals surface area contributed by atoms with Crippen LogP contribution in [0.5, 0.6) is 0 Å². The third-order valence-corrected chi connectivity index (χ3v) is 2.92. The van der Waals surface area contributed by atoms with E-state index in [1.807, 2.05) is 13.0 Å². The number of halogens is 1. The van der Waals surface area contributed by atoms with E-state index in [0.717, 1.165) is 18.0 Å². The van der Waals surface area contributed by atoms with Crippen molar-refractivity contribution in [3.05, 3.63) is 10.7 Å². The number of amides is 1. The summed E-state index contributed by atoms with van der Waals surface area (Å²) in [7, 11) is 0. The fourth-order valence-electron chi connectivity index (χ4n) is 0.976. The zero-order chi connectivity index (χ0) is 12.0. The topological polar surface area (TPSA) is 77.8 Å². The van der Waals surface area contributed by atoms with Gasteiger partial charge in [-0.15, -0.1) is 0 Å². The molecule has 0 atom stereocenters. The van der Waals surface area contributed by atoms with Crippen LogP contribution >= 0.6 is 23.1 Å². The molecule has 5 nitrogen and oxygen atoms in total. The number of hydrogen-bond donors (Lipinski definition) is 2. The minimum atomic E-state index is -0.115. The number of nitrogens with zero attached hydrogens (tertiary/aromatic N) is 2. The largest absolute Gasteiger partial charge is 0.365 e. The van der Waals surface area contributed by atoms with Crippen LogP contribution in [0.3, 0.4) is 0 Å². The molecule has 2 N–H and O–H groups in total. The van der Waals surface area contributed by atoms with Gasteiger partial charge in [-0.1, -0.05) is 18.5 Å². The van der Waals surface area contributed by atoms with Crippen molar-refractivity contribution < 1.29 is 4.79 Å². The summed E-state index contributed by atoms with van der Waals surface area (Å²) in [5.74, 6) is -0.115. The van der Waals surface area contributed by atoms with Crippen LogP contribution in [-0.2, 0) is 4.79 Å². The van der Waals surface area contributed by atoms with Crippen LogP contribution in [0, 0.1) is 11.3 Å². The van der Waals surface area contributed by atoms with E-state index in [0.29, 0.717) is 11.5 Å². The standard InChI is InChI=1S/C9H11ClN4OS/c1-2-3-12-7(15)5-13-9-6(4-11)8(10)14-16-9/h13H,2-3,5H2,1H3,(H,12,15). The van der Waals surface area contributed by atoms with Crippen LogP contribution in [-0.4, -0.2) is 23.4 Å². The number of anilines is 1. The molecule has 0 aromatic carbocycles. The monoisotopic (exact) mass is 258 g/mol. The van der Waals surface area contributed by atoms with Gasteiger partial charge in [-0.2, -0.15) is 9.64 Å². The molecule has 0 saturated heterocycles. The second kappa shape index (κ2) is 6.30. The highest BCUT2D eigenvalue weighted by atomic mass is 35.5. The quantitative estimate of drug-likeness (QED) is 0.841. The van der Waals surface area contributed by atoms with Gasteiger partial charge in [-0.05, 0) is 18.0 Å². The first kappa shape index (κ1) is 12.7. The highest BCUT2D eigenvalue weighted by Crippen LogP contribution is 2.26. The van der Waals surface area contributed by atoms with Gasteiger partial charge in [0.15, 0.2) is 5.15 Å². The van der Waals surface area contributed by atoms with Gasteiger partial charge in [0.1, 0.15) is 16.6 Å². The Balaban J connectivity index is 2.49. The summed E-state index contributed by atoms with van der Waals surface area (Å²) in [5, 5.41) is 15.0. The third-order valence-electron chi connectivity index (χ3n) is 1.74. The Morgan fingerprint density at radius 2 is 2.44 bits per heavy atom. The molecule has 86 valence electrons. The van der Waals surface area contributed by atoms with E-state index < -0.39 is 0 Å². The number of carbonyl (C=O) groups excluding carboxylic acids is 1. The summed E-state index contributed by atoms with van der Waals surface area (Å²) < 4.78 is 3.82. The van der Waals surface area contributed by atoms with Gasteiger partial charge in [-0.25, -0.2) is 0 Å². The molecular weight excluding hydrogens is 248 g/mol. The van der Waals surface area contributed by atoms with Crippen molar-refractivity contribution in [1.82, 2.24) is 9.69 Å². The molecule has 1 aromatic rings. The highest BCUT2D eigenvalue weighted by molar-refractivity contribution is 7.10. The Kier molecular flexibility index (Phi) is 5.02. The van der Waals surface area contributed by atoms with Gasteiger partial charge >= 0.3 is 0 Å². The van der Waals surface area contributed by atoms with Crippen LogP contribution in [0.25, 0.3) is 0 Å². The van der Waals surface area contributed by atoms with Gasteiger partial charge in [0.05, 0.1) is 6.54 Å². The molecule has 1 rings (SSSR count). The second-order valence-corrected chi connectivity index (χ2v) is 4.12. The number of aromatic nitrogens is 1. The summed E-state index contributed by atoms with van der Waals surface area (Å²) in [6, 6.07) is 1.93. The Labute approximate surface area is 103 Å². The fourth-order valence-corrected chi connectivity index (χ4v) is 1.91. The summed E-state index contributed by atoms with van der Waals surface area (Å²) in [4.78, 5) is 11.3. The van der Waals surface area contributed by atoms with E-state index >= 15 is 0 Å². The summed E-state index contributed by atoms with van der Waals surface area (Å²) in [6.07, 6.45) is 0.890. The molecule has 0 aliphatic rings. The van der Waals surface area contributed by atoms with Crippen molar-refractivity contribution in [2.24, 2.45) is 0 Å². The van der Waals surface area contributed by atoms with Crippen molar-refractivity contribution in [3.8, 4) is 6.07 Å². The van der Waals surface area contributed by atoms with Crippen molar-refractivity contribution in [3.63, 3.8) is 0 Å². The first-order valence-electron chi connectivity index (χ1n) is 4.74. The van der Waals surface area contributed by atoms with E-state index in [4.69, 9.17) is 16.9 Å². The number of nitriles is 1. The first-order chi connectivity index (χ1) is 7.69. The average molecular weight is 259 g/mol. The van der Waals surface area contributed by atoms with Gasteiger partial charge in [0.2, 0.25) is 5.91 Å². The van der Waals surface area contributed by atoms with E-state index in [9.17, 15) is 4.79 Å². The van der Waals surface area contributed by atoms with E-state index in [-0.39, 0.29) is 23.2 Å². The SMILES string of the molecule is CCCNC(=O)CNc1snc(Cl)c1C#N. The van der Waals surface area contributed by atoms with E-state index in [1.54, 1.807) is 0 Å². The molecule has 16 heavy (non-hydrogen) atoms. The maximum absolute atomic E-state index is 11.3. The molecule has 0 aliphatic heterocycles. The lowest BCUT2D eigenvalue weighted by atomic mass is 10.4. The molecule has 0 spiro atoms. The maximum atomic E-state index is 11.3. The lowest BCUT2D eigenvalue weighted by molar-refractivity contribution is -0.119. The summed E-state index contributed by atoms with van der Waals surface area (Å²) in [5.41, 5.74) is 0.287. The van der Waals surface area contributed by atoms with Crippen LogP contribution in [0.2, 0.25) is 5.15 Å². The van der Waals surface area contributed by atoms with E-state index in [1.165, 1.54) is 0 Å². The smallest absolute Gasteiger partial charge is 0.239 e. The summed E-state index contributed by atoms with van der Waals surface area (Å²) >= 11 is 6.75.